The van der Waals surface area contributed by atoms with E-state index in [0.29, 0.717) is 42.3 Å². The van der Waals surface area contributed by atoms with Crippen molar-refractivity contribution in [3.05, 3.63) is 101 Å². The van der Waals surface area contributed by atoms with Crippen LogP contribution in [0.2, 0.25) is 0 Å². The van der Waals surface area contributed by atoms with E-state index in [1.54, 1.807) is 24.4 Å². The molecule has 9 nitrogen and oxygen atoms in total. The molecule has 1 unspecified atom stereocenters. The van der Waals surface area contributed by atoms with Gasteiger partial charge in [0.05, 0.1) is 23.1 Å². The second-order valence-corrected chi connectivity index (χ2v) is 9.15. The monoisotopic (exact) mass is 526 g/mol. The van der Waals surface area contributed by atoms with Gasteiger partial charge in [0.25, 0.3) is 0 Å². The maximum atomic E-state index is 13.3. The summed E-state index contributed by atoms with van der Waals surface area (Å²) in [5, 5.41) is 26.7. The summed E-state index contributed by atoms with van der Waals surface area (Å²) in [6, 6.07) is 17.3. The van der Waals surface area contributed by atoms with E-state index in [9.17, 15) is 14.8 Å². The Morgan fingerprint density at radius 1 is 1.08 bits per heavy atom. The Balaban J connectivity index is 1.46. The summed E-state index contributed by atoms with van der Waals surface area (Å²) in [6.45, 7) is 2.85. The summed E-state index contributed by atoms with van der Waals surface area (Å²) >= 11 is 0. The SMILES string of the molecule is C[C@H](NC(O)c1cc(C#N)cnc1NCc1ccc(-c2cnc(N)c(CCCN)n2)cc1)c1ccc(F)cc1. The van der Waals surface area contributed by atoms with Crippen molar-refractivity contribution >= 4 is 11.6 Å². The van der Waals surface area contributed by atoms with Crippen molar-refractivity contribution in [2.24, 2.45) is 5.73 Å². The number of halogens is 1. The van der Waals surface area contributed by atoms with Crippen LogP contribution in [0.5, 0.6) is 0 Å². The van der Waals surface area contributed by atoms with Crippen LogP contribution in [0, 0.1) is 17.1 Å². The number of anilines is 2. The first-order valence-electron chi connectivity index (χ1n) is 12.6. The molecule has 0 saturated heterocycles. The van der Waals surface area contributed by atoms with Crippen molar-refractivity contribution in [1.82, 2.24) is 20.3 Å². The van der Waals surface area contributed by atoms with E-state index in [1.165, 1.54) is 18.3 Å². The Labute approximate surface area is 226 Å². The summed E-state index contributed by atoms with van der Waals surface area (Å²) in [4.78, 5) is 13.3. The Hall–Kier alpha value is -4.43. The van der Waals surface area contributed by atoms with Gasteiger partial charge in [-0.2, -0.15) is 5.26 Å². The van der Waals surface area contributed by atoms with Gasteiger partial charge in [-0.05, 0) is 55.6 Å². The molecule has 0 bridgehead atoms. The molecule has 0 saturated carbocycles. The molecule has 4 aromatic rings. The van der Waals surface area contributed by atoms with Crippen molar-refractivity contribution < 1.29 is 9.50 Å². The lowest BCUT2D eigenvalue weighted by Gasteiger charge is -2.22. The molecule has 0 aliphatic heterocycles. The molecule has 0 aliphatic carbocycles. The second kappa shape index (κ2) is 12.9. The molecule has 10 heteroatoms. The van der Waals surface area contributed by atoms with E-state index in [1.807, 2.05) is 31.2 Å². The number of pyridine rings is 1. The molecular formula is C29H31FN8O. The minimum Gasteiger partial charge on any atom is -0.382 e. The van der Waals surface area contributed by atoms with Crippen LogP contribution in [0.3, 0.4) is 0 Å². The van der Waals surface area contributed by atoms with Crippen molar-refractivity contribution in [2.45, 2.75) is 38.6 Å². The smallest absolute Gasteiger partial charge is 0.145 e. The van der Waals surface area contributed by atoms with E-state index >= 15 is 0 Å². The molecule has 7 N–H and O–H groups in total. The van der Waals surface area contributed by atoms with Gasteiger partial charge < -0.3 is 21.9 Å². The topological polar surface area (TPSA) is 159 Å². The zero-order valence-corrected chi connectivity index (χ0v) is 21.6. The van der Waals surface area contributed by atoms with Crippen LogP contribution in [-0.4, -0.2) is 26.6 Å². The average molecular weight is 527 g/mol. The zero-order chi connectivity index (χ0) is 27.8. The lowest BCUT2D eigenvalue weighted by molar-refractivity contribution is 0.126. The first-order chi connectivity index (χ1) is 18.9. The maximum absolute atomic E-state index is 13.3. The Kier molecular flexibility index (Phi) is 9.12. The molecule has 2 aromatic carbocycles. The molecule has 0 spiro atoms. The van der Waals surface area contributed by atoms with Crippen LogP contribution < -0.4 is 22.1 Å². The van der Waals surface area contributed by atoms with Gasteiger partial charge in [0.2, 0.25) is 0 Å². The highest BCUT2D eigenvalue weighted by atomic mass is 19.1. The van der Waals surface area contributed by atoms with Gasteiger partial charge in [-0.25, -0.2) is 19.3 Å². The largest absolute Gasteiger partial charge is 0.382 e. The standard InChI is InChI=1S/C29H31FN8O/c1-18(21-8-10-23(30)11-9-21)37-29(39)24-13-20(14-32)16-36-28(24)35-15-19-4-6-22(7-5-19)26-17-34-27(33)25(38-26)3-2-12-31/h4-11,13,16-18,29,37,39H,2-3,12,15,31H2,1H3,(H2,33,34)(H,35,36)/t18-,29?/m0/s1. The highest BCUT2D eigenvalue weighted by Gasteiger charge is 2.18. The van der Waals surface area contributed by atoms with Crippen LogP contribution in [0.25, 0.3) is 11.3 Å². The number of aryl methyl sites for hydroxylation is 1. The van der Waals surface area contributed by atoms with E-state index in [-0.39, 0.29) is 11.9 Å². The average Bonchev–Trinajstić information content (AvgIpc) is 2.96. The number of aliphatic hydroxyl groups excluding tert-OH is 1. The maximum Gasteiger partial charge on any atom is 0.145 e. The van der Waals surface area contributed by atoms with Crippen molar-refractivity contribution in [1.29, 1.82) is 5.26 Å². The lowest BCUT2D eigenvalue weighted by atomic mass is 10.1. The molecule has 0 fully saturated rings. The van der Waals surface area contributed by atoms with E-state index in [4.69, 9.17) is 11.5 Å². The van der Waals surface area contributed by atoms with Crippen molar-refractivity contribution in [3.63, 3.8) is 0 Å². The third-order valence-corrected chi connectivity index (χ3v) is 6.32. The predicted octanol–water partition coefficient (Wildman–Crippen LogP) is 3.98. The summed E-state index contributed by atoms with van der Waals surface area (Å²) < 4.78 is 13.3. The van der Waals surface area contributed by atoms with Gasteiger partial charge in [-0.15, -0.1) is 0 Å². The van der Waals surface area contributed by atoms with Gasteiger partial charge in [0, 0.05) is 29.9 Å². The van der Waals surface area contributed by atoms with Crippen LogP contribution in [0.15, 0.2) is 67.0 Å². The highest BCUT2D eigenvalue weighted by molar-refractivity contribution is 5.60. The zero-order valence-electron chi connectivity index (χ0n) is 21.6. The fraction of sp³-hybridized carbons (Fsp3) is 0.241. The Bertz CT molecular complexity index is 1440. The van der Waals surface area contributed by atoms with Gasteiger partial charge in [0.1, 0.15) is 29.8 Å². The first kappa shape index (κ1) is 27.6. The van der Waals surface area contributed by atoms with E-state index in [0.717, 1.165) is 34.5 Å². The van der Waals surface area contributed by atoms with Crippen molar-refractivity contribution in [3.8, 4) is 17.3 Å². The molecular weight excluding hydrogens is 495 g/mol. The third kappa shape index (κ3) is 7.12. The van der Waals surface area contributed by atoms with Gasteiger partial charge in [-0.1, -0.05) is 36.4 Å². The number of nitriles is 1. The molecule has 0 aliphatic rings. The normalized spacial score (nSPS) is 12.5. The number of nitrogens with one attached hydrogen (secondary N) is 2. The van der Waals surface area contributed by atoms with Gasteiger partial charge in [-0.3, -0.25) is 5.32 Å². The van der Waals surface area contributed by atoms with E-state index < -0.39 is 6.23 Å². The number of aliphatic hydroxyl groups is 1. The molecule has 0 radical (unpaired) electrons. The molecule has 0 amide bonds. The molecule has 2 atom stereocenters. The molecule has 39 heavy (non-hydrogen) atoms. The number of hydrogen-bond donors (Lipinski definition) is 5. The number of rotatable bonds is 11. The van der Waals surface area contributed by atoms with Gasteiger partial charge in [0.15, 0.2) is 0 Å². The molecule has 200 valence electrons. The number of nitrogens with zero attached hydrogens (tertiary/aromatic N) is 4. The molecule has 2 aromatic heterocycles. The molecule has 2 heterocycles. The molecule has 4 rings (SSSR count). The number of hydrogen-bond acceptors (Lipinski definition) is 9. The third-order valence-electron chi connectivity index (χ3n) is 6.32. The number of nitrogen functional groups attached to an aromatic ring is 1. The number of aromatic nitrogens is 3. The minimum atomic E-state index is -1.12. The summed E-state index contributed by atoms with van der Waals surface area (Å²) in [5.41, 5.74) is 16.5. The van der Waals surface area contributed by atoms with Crippen molar-refractivity contribution in [2.75, 3.05) is 17.6 Å². The van der Waals surface area contributed by atoms with Gasteiger partial charge >= 0.3 is 0 Å². The predicted molar refractivity (Wildman–Crippen MR) is 148 cm³/mol. The fourth-order valence-electron chi connectivity index (χ4n) is 4.08. The number of benzene rings is 2. The minimum absolute atomic E-state index is 0.279. The first-order valence-corrected chi connectivity index (χ1v) is 12.6. The highest BCUT2D eigenvalue weighted by Crippen LogP contribution is 2.25. The van der Waals surface area contributed by atoms with Crippen LogP contribution in [0.4, 0.5) is 16.0 Å². The second-order valence-electron chi connectivity index (χ2n) is 9.15. The van der Waals surface area contributed by atoms with Crippen LogP contribution in [0.1, 0.15) is 53.6 Å². The summed E-state index contributed by atoms with van der Waals surface area (Å²) in [5.74, 6) is 0.534. The lowest BCUT2D eigenvalue weighted by Crippen LogP contribution is -2.25. The fourth-order valence-corrected chi connectivity index (χ4v) is 4.08. The Morgan fingerprint density at radius 2 is 1.82 bits per heavy atom. The summed E-state index contributed by atoms with van der Waals surface area (Å²) in [6.07, 6.45) is 3.45. The quantitative estimate of drug-likeness (QED) is 0.182. The van der Waals surface area contributed by atoms with Crippen LogP contribution in [-0.2, 0) is 13.0 Å². The Morgan fingerprint density at radius 3 is 2.51 bits per heavy atom. The van der Waals surface area contributed by atoms with E-state index in [2.05, 4.69) is 31.7 Å². The number of nitrogens with two attached hydrogens (primary N) is 2. The van der Waals surface area contributed by atoms with Crippen LogP contribution >= 0.6 is 0 Å². The summed E-state index contributed by atoms with van der Waals surface area (Å²) in [7, 11) is 0.